The Balaban J connectivity index is 1.56. The van der Waals surface area contributed by atoms with E-state index in [9.17, 15) is 14.4 Å². The van der Waals surface area contributed by atoms with E-state index in [2.05, 4.69) is 25.6 Å². The number of thioether (sulfide) groups is 1. The Labute approximate surface area is 188 Å². The molecule has 2 aromatic rings. The first-order valence-electron chi connectivity index (χ1n) is 9.19. The van der Waals surface area contributed by atoms with Crippen LogP contribution in [0.1, 0.15) is 29.3 Å². The zero-order valence-electron chi connectivity index (χ0n) is 16.7. The van der Waals surface area contributed by atoms with Crippen molar-refractivity contribution in [2.75, 3.05) is 12.4 Å². The Hall–Kier alpha value is -3.17. The maximum Gasteiger partial charge on any atom is 0.337 e. The molecule has 1 atom stereocenters. The number of hydrogen-bond donors (Lipinski definition) is 2. The summed E-state index contributed by atoms with van der Waals surface area (Å²) in [5.74, 6) is -1.10. The van der Waals surface area contributed by atoms with E-state index in [4.69, 9.17) is 11.6 Å². The van der Waals surface area contributed by atoms with Gasteiger partial charge < -0.3 is 15.4 Å². The third-order valence-electron chi connectivity index (χ3n) is 4.29. The van der Waals surface area contributed by atoms with Gasteiger partial charge in [-0.15, -0.1) is 5.10 Å². The molecule has 8 nitrogen and oxygen atoms in total. The Morgan fingerprint density at radius 1 is 1.13 bits per heavy atom. The lowest BCUT2D eigenvalue weighted by Gasteiger charge is -2.08. The second-order valence-electron chi connectivity index (χ2n) is 6.51. The molecular weight excluding hydrogens is 440 g/mol. The van der Waals surface area contributed by atoms with Gasteiger partial charge >= 0.3 is 5.97 Å². The summed E-state index contributed by atoms with van der Waals surface area (Å²) in [6.07, 6.45) is -0.0336. The van der Waals surface area contributed by atoms with Crippen LogP contribution in [0.4, 0.5) is 5.69 Å². The van der Waals surface area contributed by atoms with Crippen molar-refractivity contribution in [3.63, 3.8) is 0 Å². The highest BCUT2D eigenvalue weighted by Crippen LogP contribution is 2.23. The van der Waals surface area contributed by atoms with Crippen molar-refractivity contribution >= 4 is 57.7 Å². The highest BCUT2D eigenvalue weighted by Gasteiger charge is 2.32. The highest BCUT2D eigenvalue weighted by atomic mass is 35.5. The average Bonchev–Trinajstić information content (AvgIpc) is 3.11. The number of esters is 1. The maximum absolute atomic E-state index is 12.3. The number of amides is 2. The molecule has 2 aromatic carbocycles. The number of methoxy groups -OCH3 is 1. The van der Waals surface area contributed by atoms with Gasteiger partial charge in [-0.3, -0.25) is 9.59 Å². The second-order valence-corrected chi connectivity index (χ2v) is 8.14. The molecule has 0 aromatic heterocycles. The predicted molar refractivity (Wildman–Crippen MR) is 122 cm³/mol. The van der Waals surface area contributed by atoms with Crippen LogP contribution in [-0.4, -0.2) is 41.0 Å². The van der Waals surface area contributed by atoms with Gasteiger partial charge in [0.05, 0.1) is 18.4 Å². The summed E-state index contributed by atoms with van der Waals surface area (Å²) in [5.41, 5.74) is 2.41. The maximum atomic E-state index is 12.3. The third kappa shape index (κ3) is 6.16. The normalized spacial score (nSPS) is 17.4. The summed E-state index contributed by atoms with van der Waals surface area (Å²) in [7, 11) is 1.30. The van der Waals surface area contributed by atoms with E-state index in [0.717, 1.165) is 17.3 Å². The van der Waals surface area contributed by atoms with Gasteiger partial charge in [0.15, 0.2) is 5.17 Å². The fraction of sp³-hybridized carbons (Fsp3) is 0.190. The molecule has 1 heterocycles. The van der Waals surface area contributed by atoms with Crippen molar-refractivity contribution in [3.05, 3.63) is 64.7 Å². The summed E-state index contributed by atoms with van der Waals surface area (Å²) in [4.78, 5) is 35.9. The highest BCUT2D eigenvalue weighted by molar-refractivity contribution is 8.15. The molecule has 2 N–H and O–H groups in total. The minimum Gasteiger partial charge on any atom is -0.465 e. The first kappa shape index (κ1) is 22.5. The molecule has 0 spiro atoms. The van der Waals surface area contributed by atoms with Gasteiger partial charge in [0, 0.05) is 17.1 Å². The van der Waals surface area contributed by atoms with Crippen LogP contribution in [0.5, 0.6) is 0 Å². The molecule has 10 heteroatoms. The molecule has 31 heavy (non-hydrogen) atoms. The first-order valence-corrected chi connectivity index (χ1v) is 10.5. The van der Waals surface area contributed by atoms with E-state index in [0.29, 0.717) is 27.2 Å². The number of halogens is 1. The molecule has 1 aliphatic rings. The first-order chi connectivity index (χ1) is 14.9. The molecule has 160 valence electrons. The van der Waals surface area contributed by atoms with Crippen molar-refractivity contribution < 1.29 is 19.1 Å². The van der Waals surface area contributed by atoms with Crippen molar-refractivity contribution in [3.8, 4) is 0 Å². The van der Waals surface area contributed by atoms with Gasteiger partial charge in [-0.25, -0.2) is 4.79 Å². The number of rotatable bonds is 6. The van der Waals surface area contributed by atoms with E-state index < -0.39 is 11.2 Å². The molecular formula is C21H19ClN4O4S. The lowest BCUT2D eigenvalue weighted by molar-refractivity contribution is -0.122. The van der Waals surface area contributed by atoms with Crippen molar-refractivity contribution in [1.82, 2.24) is 5.32 Å². The smallest absolute Gasteiger partial charge is 0.337 e. The van der Waals surface area contributed by atoms with Crippen molar-refractivity contribution in [1.29, 1.82) is 0 Å². The van der Waals surface area contributed by atoms with Crippen LogP contribution in [0.15, 0.2) is 58.7 Å². The van der Waals surface area contributed by atoms with Gasteiger partial charge in [0.1, 0.15) is 5.25 Å². The van der Waals surface area contributed by atoms with Gasteiger partial charge in [-0.2, -0.15) is 5.10 Å². The monoisotopic (exact) mass is 458 g/mol. The lowest BCUT2D eigenvalue weighted by Crippen LogP contribution is -2.28. The molecule has 1 aliphatic heterocycles. The number of ether oxygens (including phenoxy) is 1. The standard InChI is InChI=1S/C21H19ClN4O4S/c1-12(13-3-7-15(22)8-4-13)25-26-21-24-19(28)17(31-21)11-18(27)23-16-9-5-14(6-10-16)20(29)30-2/h3-10,17H,11H2,1-2H3,(H,23,27)(H,24,26,28)/b25-12-/t17-/m1/s1. The van der Waals surface area contributed by atoms with Crippen LogP contribution in [0.25, 0.3) is 0 Å². The molecule has 0 unspecified atom stereocenters. The van der Waals surface area contributed by atoms with Crippen LogP contribution >= 0.6 is 23.4 Å². The number of nitrogens with zero attached hydrogens (tertiary/aromatic N) is 2. The molecule has 0 radical (unpaired) electrons. The summed E-state index contributed by atoms with van der Waals surface area (Å²) in [6.45, 7) is 1.80. The van der Waals surface area contributed by atoms with Crippen LogP contribution < -0.4 is 10.6 Å². The summed E-state index contributed by atoms with van der Waals surface area (Å²) in [6, 6.07) is 13.4. The molecule has 0 aliphatic carbocycles. The van der Waals surface area contributed by atoms with E-state index in [1.807, 2.05) is 12.1 Å². The molecule has 2 amide bonds. The van der Waals surface area contributed by atoms with E-state index >= 15 is 0 Å². The van der Waals surface area contributed by atoms with Crippen LogP contribution in [0, 0.1) is 0 Å². The minimum atomic E-state index is -0.612. The largest absolute Gasteiger partial charge is 0.465 e. The van der Waals surface area contributed by atoms with Gasteiger partial charge in [-0.1, -0.05) is 35.5 Å². The number of hydrogen-bond acceptors (Lipinski definition) is 7. The minimum absolute atomic E-state index is 0.0336. The summed E-state index contributed by atoms with van der Waals surface area (Å²) in [5, 5.41) is 13.9. The fourth-order valence-electron chi connectivity index (χ4n) is 2.64. The molecule has 0 bridgehead atoms. The zero-order valence-corrected chi connectivity index (χ0v) is 18.3. The molecule has 1 saturated heterocycles. The molecule has 3 rings (SSSR count). The second kappa shape index (κ2) is 10.2. The average molecular weight is 459 g/mol. The summed E-state index contributed by atoms with van der Waals surface area (Å²) < 4.78 is 4.63. The Kier molecular flexibility index (Phi) is 7.43. The van der Waals surface area contributed by atoms with Crippen LogP contribution in [-0.2, 0) is 14.3 Å². The Morgan fingerprint density at radius 3 is 2.42 bits per heavy atom. The molecule has 1 fully saturated rings. The van der Waals surface area contributed by atoms with Crippen molar-refractivity contribution in [2.24, 2.45) is 10.2 Å². The number of carbonyl (C=O) groups is 3. The topological polar surface area (TPSA) is 109 Å². The number of nitrogens with one attached hydrogen (secondary N) is 2. The zero-order chi connectivity index (χ0) is 22.4. The fourth-order valence-corrected chi connectivity index (χ4v) is 3.69. The van der Waals surface area contributed by atoms with Gasteiger partial charge in [0.2, 0.25) is 11.8 Å². The number of amidine groups is 1. The number of anilines is 1. The Morgan fingerprint density at radius 2 is 1.77 bits per heavy atom. The predicted octanol–water partition coefficient (Wildman–Crippen LogP) is 3.47. The van der Waals surface area contributed by atoms with E-state index in [-0.39, 0.29) is 18.2 Å². The van der Waals surface area contributed by atoms with E-state index in [1.54, 1.807) is 43.3 Å². The van der Waals surface area contributed by atoms with Gasteiger partial charge in [-0.05, 0) is 48.9 Å². The summed E-state index contributed by atoms with van der Waals surface area (Å²) >= 11 is 7.02. The number of carbonyl (C=O) groups excluding carboxylic acids is 3. The van der Waals surface area contributed by atoms with Crippen LogP contribution in [0.2, 0.25) is 5.02 Å². The van der Waals surface area contributed by atoms with Crippen LogP contribution in [0.3, 0.4) is 0 Å². The van der Waals surface area contributed by atoms with E-state index in [1.165, 1.54) is 7.11 Å². The van der Waals surface area contributed by atoms with Crippen molar-refractivity contribution in [2.45, 2.75) is 18.6 Å². The Bertz CT molecular complexity index is 1050. The quantitative estimate of drug-likeness (QED) is 0.391. The number of benzene rings is 2. The van der Waals surface area contributed by atoms with Gasteiger partial charge in [0.25, 0.3) is 0 Å². The third-order valence-corrected chi connectivity index (χ3v) is 5.61. The molecule has 0 saturated carbocycles. The SMILES string of the molecule is COC(=O)c1ccc(NC(=O)C[C@H]2S/C(=N\N=C(\C)c3ccc(Cl)cc3)NC2=O)cc1. The lowest BCUT2D eigenvalue weighted by atomic mass is 10.1.